The summed E-state index contributed by atoms with van der Waals surface area (Å²) >= 11 is 1.55. The highest BCUT2D eigenvalue weighted by Gasteiger charge is 2.45. The van der Waals surface area contributed by atoms with Gasteiger partial charge in [0.05, 0.1) is 79.9 Å². The van der Waals surface area contributed by atoms with Crippen LogP contribution in [0.3, 0.4) is 0 Å². The van der Waals surface area contributed by atoms with Crippen LogP contribution >= 0.6 is 23.7 Å². The van der Waals surface area contributed by atoms with Crippen molar-refractivity contribution in [1.29, 1.82) is 5.41 Å². The van der Waals surface area contributed by atoms with Crippen molar-refractivity contribution >= 4 is 47.2 Å². The van der Waals surface area contributed by atoms with Gasteiger partial charge in [0.15, 0.2) is 23.0 Å². The number of fused-ring (bicyclic) bond motifs is 1. The number of ether oxygens (including phenoxy) is 5. The fraction of sp³-hybridized carbons (Fsp3) is 0.456. The number of carbonyl (C=O) groups excluding carboxylic acids is 4. The normalized spacial score (nSPS) is 16.5. The second kappa shape index (κ2) is 27.4. The zero-order chi connectivity index (χ0) is 58.2. The van der Waals surface area contributed by atoms with E-state index in [4.69, 9.17) is 29.1 Å². The highest BCUT2D eigenvalue weighted by molar-refractivity contribution is 7.13. The molecule has 8 rings (SSSR count). The molecule has 5 heterocycles. The highest BCUT2D eigenvalue weighted by Crippen LogP contribution is 2.44. The number of ketones is 1. The summed E-state index contributed by atoms with van der Waals surface area (Å²) in [5.41, 5.74) is 3.83. The van der Waals surface area contributed by atoms with E-state index < -0.39 is 64.9 Å². The average molecular weight is 1180 g/mol. The van der Waals surface area contributed by atoms with Gasteiger partial charge >= 0.3 is 6.18 Å². The number of nitrogens with zero attached hydrogens (tertiary/aromatic N) is 6. The first kappa shape index (κ1) is 62.6. The number of likely N-dealkylation sites (tertiary alicyclic amines) is 1. The lowest BCUT2D eigenvalue weighted by atomic mass is 9.85. The van der Waals surface area contributed by atoms with E-state index in [1.54, 1.807) is 79.2 Å². The molecule has 19 nitrogen and oxygen atoms in total. The van der Waals surface area contributed by atoms with E-state index in [0.717, 1.165) is 21.7 Å². The first-order valence-corrected chi connectivity index (χ1v) is 27.4. The number of Topliss-reactive ketones (excluding diaryl/α,β-unsaturated/α-hetero) is 1. The molecule has 1 unspecified atom stereocenters. The SMILES string of the molecule is CCn1cc(-c2cc(Cn3ccn(C)c3=N)cc3c2OCC(Cc2ccc(F)c(OCCOCCOCCOCC(=O)N[C@H](C(=O)N4C[C@H](O)C[C@H]4C(=O)NCc4ccc(-c5scnc5C)cc4)C(C)(C)C)c2)C3=O)c(C(F)(F)F)n1.Cl. The number of aliphatic hydroxyl groups excluding tert-OH is 1. The summed E-state index contributed by atoms with van der Waals surface area (Å²) in [5.74, 6) is -3.30. The Morgan fingerprint density at radius 3 is 2.26 bits per heavy atom. The van der Waals surface area contributed by atoms with Crippen LogP contribution in [0.15, 0.2) is 78.7 Å². The van der Waals surface area contributed by atoms with Crippen molar-refractivity contribution < 1.29 is 65.5 Å². The number of amides is 3. The fourth-order valence-electron chi connectivity index (χ4n) is 9.66. The number of aliphatic hydroxyl groups is 1. The number of rotatable bonds is 24. The van der Waals surface area contributed by atoms with Crippen LogP contribution < -0.4 is 25.7 Å². The number of carbonyl (C=O) groups is 4. The summed E-state index contributed by atoms with van der Waals surface area (Å²) in [6.07, 6.45) is -0.933. The minimum Gasteiger partial charge on any atom is -0.491 e. The van der Waals surface area contributed by atoms with Crippen molar-refractivity contribution in [2.45, 2.75) is 91.5 Å². The molecule has 1 saturated heterocycles. The van der Waals surface area contributed by atoms with Gasteiger partial charge in [-0.05, 0) is 72.2 Å². The Morgan fingerprint density at radius 1 is 0.927 bits per heavy atom. The third-order valence-electron chi connectivity index (χ3n) is 13.9. The Bertz CT molecular complexity index is 3270. The smallest absolute Gasteiger partial charge is 0.435 e. The number of hydrogen-bond donors (Lipinski definition) is 4. The number of alkyl halides is 3. The van der Waals surface area contributed by atoms with E-state index >= 15 is 0 Å². The van der Waals surface area contributed by atoms with Gasteiger partial charge in [-0.1, -0.05) is 51.1 Å². The molecule has 25 heteroatoms. The molecular weight excluding hydrogens is 1110 g/mol. The van der Waals surface area contributed by atoms with Crippen LogP contribution in [0.2, 0.25) is 0 Å². The van der Waals surface area contributed by atoms with Crippen molar-refractivity contribution in [3.05, 3.63) is 124 Å². The molecule has 82 heavy (non-hydrogen) atoms. The number of thiazole rings is 1. The van der Waals surface area contributed by atoms with Crippen LogP contribution in [-0.4, -0.2) is 135 Å². The second-order valence-electron chi connectivity index (χ2n) is 21.0. The maximum absolute atomic E-state index is 15.0. The van der Waals surface area contributed by atoms with E-state index in [0.29, 0.717) is 11.1 Å². The van der Waals surface area contributed by atoms with Gasteiger partial charge in [0, 0.05) is 62.8 Å². The minimum atomic E-state index is -4.80. The van der Waals surface area contributed by atoms with Crippen LogP contribution in [0, 0.1) is 29.5 Å². The molecule has 6 aromatic rings. The standard InChI is InChI=1S/C57H67F4N9O10S.ClH/c1-7-69-30-43(51(66-69)57(59,60)61)41-23-37(28-68-15-14-67(6)55(68)62)24-42-48(73)39(31-80-49(41)42)22-36-10-13-44(58)46(25-36)79-21-20-77-17-16-76-18-19-78-32-47(72)65-52(56(3,4)5)54(75)70-29-40(71)26-45(70)53(74)63-27-35-8-11-38(12-9-35)50-34(2)64-33-81-50;/h8-15,23-25,30,33,39-40,45,52,62,71H,7,16-22,26-29,31-32H2,1-6H3,(H,63,74)(H,65,72);1H/t39?,40-,45+,52-;/m1./s1. The maximum Gasteiger partial charge on any atom is 0.435 e. The maximum atomic E-state index is 15.0. The Balaban J connectivity index is 0.00000968. The average Bonchev–Trinajstić information content (AvgIpc) is 4.43. The molecule has 2 aliphatic heterocycles. The first-order chi connectivity index (χ1) is 38.6. The van der Waals surface area contributed by atoms with Crippen molar-refractivity contribution in [3.8, 4) is 33.1 Å². The number of benzene rings is 3. The molecule has 0 aliphatic carbocycles. The van der Waals surface area contributed by atoms with E-state index in [1.807, 2.05) is 31.2 Å². The van der Waals surface area contributed by atoms with Gasteiger partial charge < -0.3 is 53.5 Å². The molecule has 4 atom stereocenters. The van der Waals surface area contributed by atoms with Crippen molar-refractivity contribution in [2.24, 2.45) is 18.4 Å². The predicted molar refractivity (Wildman–Crippen MR) is 297 cm³/mol. The lowest BCUT2D eigenvalue weighted by molar-refractivity contribution is -0.144. The van der Waals surface area contributed by atoms with Gasteiger partial charge in [-0.15, -0.1) is 23.7 Å². The monoisotopic (exact) mass is 1180 g/mol. The van der Waals surface area contributed by atoms with Crippen LogP contribution in [0.4, 0.5) is 17.6 Å². The topological polar surface area (TPSA) is 226 Å². The molecule has 2 aliphatic rings. The number of hydrogen-bond acceptors (Lipinski definition) is 14. The number of aromatic nitrogens is 5. The quantitative estimate of drug-likeness (QED) is 0.0358. The number of imidazole rings is 1. The van der Waals surface area contributed by atoms with E-state index in [-0.39, 0.29) is 144 Å². The van der Waals surface area contributed by atoms with Crippen LogP contribution in [-0.2, 0) is 67.9 Å². The third kappa shape index (κ3) is 15.4. The summed E-state index contributed by atoms with van der Waals surface area (Å²) in [4.78, 5) is 61.5. The molecule has 0 saturated carbocycles. The van der Waals surface area contributed by atoms with Gasteiger partial charge in [-0.3, -0.25) is 29.3 Å². The molecule has 3 amide bonds. The number of halogens is 5. The molecule has 0 radical (unpaired) electrons. The number of aryl methyl sites for hydroxylation is 3. The lowest BCUT2D eigenvalue weighted by Gasteiger charge is -2.35. The third-order valence-corrected chi connectivity index (χ3v) is 14.9. The largest absolute Gasteiger partial charge is 0.491 e. The molecule has 1 fully saturated rings. The van der Waals surface area contributed by atoms with E-state index in [1.165, 1.54) is 40.0 Å². The molecule has 442 valence electrons. The van der Waals surface area contributed by atoms with E-state index in [2.05, 4.69) is 20.7 Å². The van der Waals surface area contributed by atoms with Crippen molar-refractivity contribution in [3.63, 3.8) is 0 Å². The second-order valence-corrected chi connectivity index (χ2v) is 21.9. The fourth-order valence-corrected chi connectivity index (χ4v) is 10.5. The Labute approximate surface area is 481 Å². The zero-order valence-electron chi connectivity index (χ0n) is 46.3. The van der Waals surface area contributed by atoms with Gasteiger partial charge in [0.25, 0.3) is 0 Å². The van der Waals surface area contributed by atoms with Gasteiger partial charge in [-0.25, -0.2) is 9.37 Å². The Hall–Kier alpha value is -6.96. The molecule has 0 bridgehead atoms. The zero-order valence-corrected chi connectivity index (χ0v) is 48.0. The lowest BCUT2D eigenvalue weighted by Crippen LogP contribution is -2.58. The van der Waals surface area contributed by atoms with Crippen LogP contribution in [0.5, 0.6) is 11.5 Å². The molecule has 3 aromatic heterocycles. The summed E-state index contributed by atoms with van der Waals surface area (Å²) in [6, 6.07) is 13.1. The molecule has 0 spiro atoms. The summed E-state index contributed by atoms with van der Waals surface area (Å²) in [6.45, 7) is 9.44. The highest BCUT2D eigenvalue weighted by atomic mass is 35.5. The summed E-state index contributed by atoms with van der Waals surface area (Å²) in [5, 5.41) is 28.4. The van der Waals surface area contributed by atoms with Crippen molar-refractivity contribution in [1.82, 2.24) is 39.4 Å². The van der Waals surface area contributed by atoms with E-state index in [9.17, 15) is 41.8 Å². The Kier molecular flexibility index (Phi) is 20.9. The van der Waals surface area contributed by atoms with Crippen molar-refractivity contribution in [2.75, 3.05) is 59.4 Å². The van der Waals surface area contributed by atoms with Gasteiger partial charge in [-0.2, -0.15) is 18.3 Å². The predicted octanol–water partition coefficient (Wildman–Crippen LogP) is 6.92. The molecule has 4 N–H and O–H groups in total. The number of β-amino-alcohol motifs (C(OH)–C–C–N with tert-alkyl or cyclic N) is 1. The summed E-state index contributed by atoms with van der Waals surface area (Å²) in [7, 11) is 1.69. The van der Waals surface area contributed by atoms with Crippen LogP contribution in [0.1, 0.15) is 72.6 Å². The van der Waals surface area contributed by atoms with Gasteiger partial charge in [0.2, 0.25) is 23.3 Å². The summed E-state index contributed by atoms with van der Waals surface area (Å²) < 4.78 is 90.9. The first-order valence-electron chi connectivity index (χ1n) is 26.5. The minimum absolute atomic E-state index is 0. The molecule has 3 aromatic carbocycles. The molecular formula is C57H68ClF4N9O10S. The Morgan fingerprint density at radius 2 is 1.61 bits per heavy atom. The van der Waals surface area contributed by atoms with Gasteiger partial charge in [0.1, 0.15) is 31.0 Å². The van der Waals surface area contributed by atoms with Crippen LogP contribution in [0.25, 0.3) is 21.6 Å². The number of nitrogens with one attached hydrogen (secondary N) is 3.